The standard InChI is InChI=1S/C27H27Cl2N3O5S/c1-17(33)18-7-9-30-25(12-18)31-10-8-19-11-22(5-6-24(19)31)32(16-26(34)37-27(2,3)4)38(35,36)23-14-20(28)13-21(29)15-23/h5-14,23H,15-16H2,1-4H3. The normalized spacial score (nSPS) is 16.1. The molecule has 1 atom stereocenters. The van der Waals surface area contributed by atoms with Crippen molar-refractivity contribution in [3.63, 3.8) is 0 Å². The number of anilines is 1. The molecule has 8 nitrogen and oxygen atoms in total. The molecule has 1 aromatic carbocycles. The second-order valence-electron chi connectivity index (χ2n) is 9.91. The summed E-state index contributed by atoms with van der Waals surface area (Å²) in [5.41, 5.74) is 0.745. The number of hydrogen-bond donors (Lipinski definition) is 0. The van der Waals surface area contributed by atoms with E-state index in [1.165, 1.54) is 19.1 Å². The summed E-state index contributed by atoms with van der Waals surface area (Å²) < 4.78 is 35.9. The van der Waals surface area contributed by atoms with E-state index in [1.807, 2.05) is 0 Å². The number of sulfonamides is 1. The van der Waals surface area contributed by atoms with Crippen LogP contribution in [-0.4, -0.2) is 47.1 Å². The number of allylic oxidation sites excluding steroid dienone is 3. The number of carbonyl (C=O) groups is 2. The fourth-order valence-electron chi connectivity index (χ4n) is 4.11. The zero-order valence-electron chi connectivity index (χ0n) is 21.3. The number of halogens is 2. The van der Waals surface area contributed by atoms with Gasteiger partial charge in [0.05, 0.1) is 11.2 Å². The van der Waals surface area contributed by atoms with Crippen LogP contribution in [0.3, 0.4) is 0 Å². The lowest BCUT2D eigenvalue weighted by Crippen LogP contribution is -2.43. The summed E-state index contributed by atoms with van der Waals surface area (Å²) in [5.74, 6) is -0.235. The predicted octanol–water partition coefficient (Wildman–Crippen LogP) is 5.72. The number of fused-ring (bicyclic) bond motifs is 1. The lowest BCUT2D eigenvalue weighted by molar-refractivity contribution is -0.152. The van der Waals surface area contributed by atoms with Crippen LogP contribution in [0.1, 0.15) is 44.5 Å². The van der Waals surface area contributed by atoms with Crippen molar-refractivity contribution in [1.82, 2.24) is 9.55 Å². The Morgan fingerprint density at radius 2 is 1.89 bits per heavy atom. The summed E-state index contributed by atoms with van der Waals surface area (Å²) in [4.78, 5) is 29.0. The molecule has 200 valence electrons. The average molecular weight is 577 g/mol. The van der Waals surface area contributed by atoms with Gasteiger partial charge in [-0.3, -0.25) is 13.9 Å². The first kappa shape index (κ1) is 27.9. The van der Waals surface area contributed by atoms with Crippen LogP contribution in [0.4, 0.5) is 5.69 Å². The second kappa shape index (κ2) is 10.6. The number of hydrogen-bond acceptors (Lipinski definition) is 6. The molecule has 0 aliphatic heterocycles. The first-order valence-corrected chi connectivity index (χ1v) is 14.1. The van der Waals surface area contributed by atoms with E-state index >= 15 is 0 Å². The molecular weight excluding hydrogens is 549 g/mol. The summed E-state index contributed by atoms with van der Waals surface area (Å²) >= 11 is 12.3. The summed E-state index contributed by atoms with van der Waals surface area (Å²) in [6.07, 6.45) is 6.28. The number of Topliss-reactive ketones (excluding diaryl/α,β-unsaturated/α-hetero) is 1. The summed E-state index contributed by atoms with van der Waals surface area (Å²) in [6, 6.07) is 10.2. The van der Waals surface area contributed by atoms with Gasteiger partial charge in [0.1, 0.15) is 23.2 Å². The highest BCUT2D eigenvalue weighted by molar-refractivity contribution is 7.93. The SMILES string of the molecule is CC(=O)c1ccnc(-n2ccc3cc(N(CC(=O)OC(C)(C)C)S(=O)(=O)C4C=C(Cl)C=C(Cl)C4)ccc32)c1. The van der Waals surface area contributed by atoms with E-state index in [0.29, 0.717) is 21.8 Å². The van der Waals surface area contributed by atoms with E-state index in [1.54, 1.807) is 74.1 Å². The second-order valence-corrected chi connectivity index (χ2v) is 12.9. The van der Waals surface area contributed by atoms with E-state index in [2.05, 4.69) is 4.98 Å². The zero-order chi connectivity index (χ0) is 27.8. The van der Waals surface area contributed by atoms with Gasteiger partial charge in [-0.25, -0.2) is 13.4 Å². The minimum Gasteiger partial charge on any atom is -0.459 e. The molecule has 1 aliphatic carbocycles. The Bertz CT molecular complexity index is 1590. The fraction of sp³-hybridized carbons (Fsp3) is 0.296. The van der Waals surface area contributed by atoms with Gasteiger partial charge in [0, 0.05) is 39.8 Å². The minimum atomic E-state index is -4.13. The molecule has 0 saturated heterocycles. The van der Waals surface area contributed by atoms with Gasteiger partial charge in [-0.05, 0) is 76.2 Å². The van der Waals surface area contributed by atoms with Crippen LogP contribution in [0.2, 0.25) is 0 Å². The van der Waals surface area contributed by atoms with E-state index in [9.17, 15) is 18.0 Å². The smallest absolute Gasteiger partial charge is 0.327 e. The van der Waals surface area contributed by atoms with Gasteiger partial charge in [0.2, 0.25) is 10.0 Å². The molecule has 2 aromatic heterocycles. The highest BCUT2D eigenvalue weighted by Crippen LogP contribution is 2.33. The molecule has 0 N–H and O–H groups in total. The Morgan fingerprint density at radius 3 is 2.55 bits per heavy atom. The highest BCUT2D eigenvalue weighted by Gasteiger charge is 2.35. The Morgan fingerprint density at radius 1 is 1.16 bits per heavy atom. The maximum Gasteiger partial charge on any atom is 0.327 e. The van der Waals surface area contributed by atoms with Crippen LogP contribution >= 0.6 is 23.2 Å². The Hall–Kier alpha value is -3.14. The van der Waals surface area contributed by atoms with Gasteiger partial charge in [-0.15, -0.1) is 0 Å². The number of carbonyl (C=O) groups excluding carboxylic acids is 2. The van der Waals surface area contributed by atoms with Crippen LogP contribution in [0.15, 0.2) is 71.0 Å². The molecule has 0 radical (unpaired) electrons. The van der Waals surface area contributed by atoms with Gasteiger partial charge >= 0.3 is 5.97 Å². The monoisotopic (exact) mass is 575 g/mol. The van der Waals surface area contributed by atoms with Crippen LogP contribution in [0.5, 0.6) is 0 Å². The lowest BCUT2D eigenvalue weighted by atomic mass is 10.2. The molecule has 2 heterocycles. The molecule has 1 unspecified atom stereocenters. The summed E-state index contributed by atoms with van der Waals surface area (Å²) in [5, 5.41) is 0.154. The molecule has 0 amide bonds. The number of pyridine rings is 1. The molecule has 0 fully saturated rings. The Labute approximate surface area is 231 Å². The number of ketones is 1. The summed E-state index contributed by atoms with van der Waals surface area (Å²) in [6.45, 7) is 6.08. The quantitative estimate of drug-likeness (QED) is 0.264. The van der Waals surface area contributed by atoms with Crippen LogP contribution in [-0.2, 0) is 19.6 Å². The maximum atomic E-state index is 13.8. The van der Waals surface area contributed by atoms with Gasteiger partial charge in [-0.1, -0.05) is 23.2 Å². The molecule has 3 aromatic rings. The van der Waals surface area contributed by atoms with Crippen LogP contribution < -0.4 is 4.31 Å². The molecule has 38 heavy (non-hydrogen) atoms. The van der Waals surface area contributed by atoms with E-state index in [-0.39, 0.29) is 22.9 Å². The van der Waals surface area contributed by atoms with Crippen molar-refractivity contribution in [2.45, 2.75) is 45.0 Å². The third-order valence-corrected chi connectivity index (χ3v) is 8.30. The average Bonchev–Trinajstić information content (AvgIpc) is 3.24. The van der Waals surface area contributed by atoms with Crippen molar-refractivity contribution < 1.29 is 22.7 Å². The van der Waals surface area contributed by atoms with Crippen molar-refractivity contribution in [2.75, 3.05) is 10.8 Å². The van der Waals surface area contributed by atoms with Crippen molar-refractivity contribution in [3.05, 3.63) is 76.6 Å². The minimum absolute atomic E-state index is 0.0295. The molecule has 0 bridgehead atoms. The number of rotatable bonds is 7. The van der Waals surface area contributed by atoms with E-state index < -0.39 is 33.4 Å². The fourth-order valence-corrected chi connectivity index (χ4v) is 6.63. The Balaban J connectivity index is 1.77. The predicted molar refractivity (Wildman–Crippen MR) is 149 cm³/mol. The number of esters is 1. The van der Waals surface area contributed by atoms with Gasteiger partial charge in [0.25, 0.3) is 0 Å². The van der Waals surface area contributed by atoms with E-state index in [0.717, 1.165) is 9.82 Å². The van der Waals surface area contributed by atoms with Crippen LogP contribution in [0, 0.1) is 0 Å². The third kappa shape index (κ3) is 6.11. The van der Waals surface area contributed by atoms with Gasteiger partial charge < -0.3 is 9.30 Å². The molecule has 4 rings (SSSR count). The third-order valence-electron chi connectivity index (χ3n) is 5.78. The van der Waals surface area contributed by atoms with E-state index in [4.69, 9.17) is 27.9 Å². The lowest BCUT2D eigenvalue weighted by Gasteiger charge is -2.30. The number of ether oxygens (including phenoxy) is 1. The van der Waals surface area contributed by atoms with Gasteiger partial charge in [-0.2, -0.15) is 0 Å². The first-order chi connectivity index (χ1) is 17.7. The molecular formula is C27H27Cl2N3O5S. The van der Waals surface area contributed by atoms with Crippen molar-refractivity contribution in [2.24, 2.45) is 0 Å². The molecule has 11 heteroatoms. The van der Waals surface area contributed by atoms with Crippen LogP contribution in [0.25, 0.3) is 16.7 Å². The maximum absolute atomic E-state index is 13.8. The van der Waals surface area contributed by atoms with Crippen molar-refractivity contribution >= 4 is 61.6 Å². The first-order valence-electron chi connectivity index (χ1n) is 11.8. The topological polar surface area (TPSA) is 98.6 Å². The van der Waals surface area contributed by atoms with Crippen molar-refractivity contribution in [1.29, 1.82) is 0 Å². The Kier molecular flexibility index (Phi) is 7.74. The molecule has 0 spiro atoms. The number of benzene rings is 1. The van der Waals surface area contributed by atoms with Crippen molar-refractivity contribution in [3.8, 4) is 5.82 Å². The molecule has 0 saturated carbocycles. The summed E-state index contributed by atoms with van der Waals surface area (Å²) in [7, 11) is -4.13. The zero-order valence-corrected chi connectivity index (χ0v) is 23.6. The largest absolute Gasteiger partial charge is 0.459 e. The molecule has 1 aliphatic rings. The number of nitrogens with zero attached hydrogens (tertiary/aromatic N) is 3. The highest BCUT2D eigenvalue weighted by atomic mass is 35.5. The van der Waals surface area contributed by atoms with Gasteiger partial charge in [0.15, 0.2) is 5.78 Å². The number of aromatic nitrogens is 2.